The van der Waals surface area contributed by atoms with E-state index >= 15 is 0 Å². The molecule has 1 N–H and O–H groups in total. The third kappa shape index (κ3) is 2.52. The van der Waals surface area contributed by atoms with Crippen LogP contribution in [0.3, 0.4) is 0 Å². The molecule has 7 heteroatoms. The fourth-order valence-electron chi connectivity index (χ4n) is 1.83. The van der Waals surface area contributed by atoms with Crippen LogP contribution >= 0.6 is 0 Å². The zero-order valence-electron chi connectivity index (χ0n) is 10.5. The topological polar surface area (TPSA) is 24.9 Å². The van der Waals surface area contributed by atoms with Gasteiger partial charge in [0.2, 0.25) is 0 Å². The van der Waals surface area contributed by atoms with E-state index in [1.54, 1.807) is 0 Å². The Balaban J connectivity index is 2.74. The van der Waals surface area contributed by atoms with Gasteiger partial charge in [0.15, 0.2) is 17.5 Å². The highest BCUT2D eigenvalue weighted by molar-refractivity contribution is 5.92. The Morgan fingerprint density at radius 3 is 2.45 bits per heavy atom. The predicted molar refractivity (Wildman–Crippen MR) is 65.4 cm³/mol. The second-order valence-electron chi connectivity index (χ2n) is 4.20. The number of hydrogen-bond donors (Lipinski definition) is 1. The van der Waals surface area contributed by atoms with Gasteiger partial charge in [-0.2, -0.15) is 0 Å². The van der Waals surface area contributed by atoms with Gasteiger partial charge in [0.05, 0.1) is 10.9 Å². The van der Waals surface area contributed by atoms with Gasteiger partial charge in [-0.1, -0.05) is 6.92 Å². The van der Waals surface area contributed by atoms with Crippen LogP contribution in [0.15, 0.2) is 12.1 Å². The summed E-state index contributed by atoms with van der Waals surface area (Å²) in [5, 5.41) is 2.39. The lowest BCUT2D eigenvalue weighted by Crippen LogP contribution is -2.05. The molecule has 0 saturated carbocycles. The fraction of sp³-hybridized carbons (Fsp3) is 0.308. The van der Waals surface area contributed by atoms with Gasteiger partial charge in [-0.15, -0.1) is 0 Å². The second-order valence-corrected chi connectivity index (χ2v) is 4.20. The number of anilines is 1. The maximum Gasteiger partial charge on any atom is 0.280 e. The normalized spacial score (nSPS) is 11.3. The first-order valence-corrected chi connectivity index (χ1v) is 5.95. The Morgan fingerprint density at radius 1 is 1.15 bits per heavy atom. The van der Waals surface area contributed by atoms with Crippen molar-refractivity contribution in [2.75, 3.05) is 11.9 Å². The Kier molecular flexibility index (Phi) is 4.06. The van der Waals surface area contributed by atoms with E-state index < -0.39 is 29.6 Å². The molecule has 1 aromatic carbocycles. The van der Waals surface area contributed by atoms with Crippen LogP contribution in [0.25, 0.3) is 10.9 Å². The molecule has 0 aliphatic rings. The van der Waals surface area contributed by atoms with Crippen LogP contribution in [-0.4, -0.2) is 11.5 Å². The Labute approximate surface area is 111 Å². The Bertz CT molecular complexity index is 642. The minimum Gasteiger partial charge on any atom is -0.384 e. The van der Waals surface area contributed by atoms with Crippen molar-refractivity contribution in [3.63, 3.8) is 0 Å². The van der Waals surface area contributed by atoms with Crippen molar-refractivity contribution in [3.05, 3.63) is 35.3 Å². The van der Waals surface area contributed by atoms with Crippen molar-refractivity contribution < 1.29 is 22.0 Å². The number of aromatic nitrogens is 1. The van der Waals surface area contributed by atoms with Gasteiger partial charge in [-0.25, -0.2) is 26.9 Å². The average Bonchev–Trinajstić information content (AvgIpc) is 2.41. The summed E-state index contributed by atoms with van der Waals surface area (Å²) in [6.45, 7) is 2.20. The van der Waals surface area contributed by atoms with E-state index in [-0.39, 0.29) is 16.6 Å². The Morgan fingerprint density at radius 2 is 1.85 bits per heavy atom. The van der Waals surface area contributed by atoms with Crippen molar-refractivity contribution >= 4 is 16.6 Å². The van der Waals surface area contributed by atoms with Gasteiger partial charge in [-0.05, 0) is 12.5 Å². The molecule has 0 bridgehead atoms. The van der Waals surface area contributed by atoms with Gasteiger partial charge >= 0.3 is 0 Å². The van der Waals surface area contributed by atoms with Crippen molar-refractivity contribution in [1.82, 2.24) is 4.98 Å². The number of benzene rings is 1. The number of halogens is 5. The van der Waals surface area contributed by atoms with Crippen molar-refractivity contribution in [2.45, 2.75) is 19.8 Å². The molecule has 1 heterocycles. The molecule has 2 nitrogen and oxygen atoms in total. The van der Waals surface area contributed by atoms with Crippen molar-refractivity contribution in [3.8, 4) is 0 Å². The lowest BCUT2D eigenvalue weighted by Gasteiger charge is -2.12. The summed E-state index contributed by atoms with van der Waals surface area (Å²) in [4.78, 5) is 3.47. The maximum atomic E-state index is 13.8. The monoisotopic (exact) mass is 290 g/mol. The van der Waals surface area contributed by atoms with Gasteiger partial charge in [0.1, 0.15) is 5.69 Å². The number of alkyl halides is 2. The summed E-state index contributed by atoms with van der Waals surface area (Å²) in [7, 11) is 0. The average molecular weight is 290 g/mol. The molecule has 0 fully saturated rings. The highest BCUT2D eigenvalue weighted by Gasteiger charge is 2.20. The van der Waals surface area contributed by atoms with Crippen LogP contribution in [-0.2, 0) is 0 Å². The minimum absolute atomic E-state index is 0.0245. The standard InChI is InChI=1S/C13H11F5N2/c1-2-3-19-7-5-9(13(17)18)20-8-4-6(14)11(15)12(16)10(7)8/h4-5,13H,2-3H2,1H3,(H,19,20). The van der Waals surface area contributed by atoms with E-state index in [2.05, 4.69) is 10.3 Å². The van der Waals surface area contributed by atoms with E-state index in [0.29, 0.717) is 19.0 Å². The number of pyridine rings is 1. The smallest absolute Gasteiger partial charge is 0.280 e. The number of rotatable bonds is 4. The largest absolute Gasteiger partial charge is 0.384 e. The summed E-state index contributed by atoms with van der Waals surface area (Å²) >= 11 is 0. The minimum atomic E-state index is -2.89. The van der Waals surface area contributed by atoms with Crippen LogP contribution in [0, 0.1) is 17.5 Å². The molecule has 0 amide bonds. The molecule has 108 valence electrons. The molecule has 0 radical (unpaired) electrons. The molecule has 1 aromatic heterocycles. The van der Waals surface area contributed by atoms with Crippen LogP contribution in [0.5, 0.6) is 0 Å². The second kappa shape index (κ2) is 5.60. The number of fused-ring (bicyclic) bond motifs is 1. The fourth-order valence-corrected chi connectivity index (χ4v) is 1.83. The zero-order valence-corrected chi connectivity index (χ0v) is 10.5. The number of nitrogens with one attached hydrogen (secondary N) is 1. The molecule has 0 unspecified atom stereocenters. The maximum absolute atomic E-state index is 13.8. The summed E-state index contributed by atoms with van der Waals surface area (Å²) in [6, 6.07) is 1.56. The van der Waals surface area contributed by atoms with Gasteiger partial charge < -0.3 is 5.32 Å². The molecule has 0 aliphatic heterocycles. The van der Waals surface area contributed by atoms with E-state index in [1.165, 1.54) is 0 Å². The third-order valence-electron chi connectivity index (χ3n) is 2.74. The number of hydrogen-bond acceptors (Lipinski definition) is 2. The summed E-state index contributed by atoms with van der Waals surface area (Å²) in [5.41, 5.74) is -0.997. The third-order valence-corrected chi connectivity index (χ3v) is 2.74. The molecule has 2 aromatic rings. The Hall–Kier alpha value is -1.92. The van der Waals surface area contributed by atoms with E-state index in [0.717, 1.165) is 6.07 Å². The van der Waals surface area contributed by atoms with Gasteiger partial charge in [0, 0.05) is 18.3 Å². The predicted octanol–water partition coefficient (Wildman–Crippen LogP) is 4.41. The first-order valence-electron chi connectivity index (χ1n) is 5.95. The van der Waals surface area contributed by atoms with Gasteiger partial charge in [0.25, 0.3) is 6.43 Å². The molecule has 0 atom stereocenters. The number of nitrogens with zero attached hydrogens (tertiary/aromatic N) is 1. The summed E-state index contributed by atoms with van der Waals surface area (Å²) in [6.07, 6.45) is -2.24. The lowest BCUT2D eigenvalue weighted by molar-refractivity contribution is 0.146. The van der Waals surface area contributed by atoms with Crippen molar-refractivity contribution in [1.29, 1.82) is 0 Å². The molecule has 20 heavy (non-hydrogen) atoms. The van der Waals surface area contributed by atoms with Crippen LogP contribution < -0.4 is 5.32 Å². The highest BCUT2D eigenvalue weighted by Crippen LogP contribution is 2.31. The van der Waals surface area contributed by atoms with Gasteiger partial charge in [-0.3, -0.25) is 0 Å². The van der Waals surface area contributed by atoms with E-state index in [1.807, 2.05) is 6.92 Å². The first kappa shape index (κ1) is 14.5. The van der Waals surface area contributed by atoms with Crippen molar-refractivity contribution in [2.24, 2.45) is 0 Å². The molecule has 0 spiro atoms. The summed E-state index contributed by atoms with van der Waals surface area (Å²) in [5.74, 6) is -4.55. The first-order chi connectivity index (χ1) is 9.45. The van der Waals surface area contributed by atoms with E-state index in [9.17, 15) is 22.0 Å². The summed E-state index contributed by atoms with van der Waals surface area (Å²) < 4.78 is 65.7. The van der Waals surface area contributed by atoms with Crippen LogP contribution in [0.1, 0.15) is 25.5 Å². The molecule has 2 rings (SSSR count). The SMILES string of the molecule is CCCNc1cc(C(F)F)nc2cc(F)c(F)c(F)c12. The van der Waals surface area contributed by atoms with Crippen LogP contribution in [0.4, 0.5) is 27.6 Å². The highest BCUT2D eigenvalue weighted by atomic mass is 19.3. The molecular formula is C13H11F5N2. The zero-order chi connectivity index (χ0) is 14.9. The quantitative estimate of drug-likeness (QED) is 0.666. The lowest BCUT2D eigenvalue weighted by atomic mass is 10.1. The van der Waals surface area contributed by atoms with E-state index in [4.69, 9.17) is 0 Å². The molecular weight excluding hydrogens is 279 g/mol. The van der Waals surface area contributed by atoms with Crippen LogP contribution in [0.2, 0.25) is 0 Å². The molecule has 0 aliphatic carbocycles. The molecule has 0 saturated heterocycles.